The molecule has 1 fully saturated rings. The van der Waals surface area contributed by atoms with Crippen LogP contribution in [0.1, 0.15) is 25.8 Å². The van der Waals surface area contributed by atoms with Crippen LogP contribution in [0, 0.1) is 0 Å². The molecule has 2 heteroatoms. The van der Waals surface area contributed by atoms with Crippen molar-refractivity contribution < 1.29 is 4.74 Å². The summed E-state index contributed by atoms with van der Waals surface area (Å²) in [6.45, 7) is 2.91. The molecular formula is C10H15NO. The summed E-state index contributed by atoms with van der Waals surface area (Å²) in [5, 5.41) is 0. The summed E-state index contributed by atoms with van der Waals surface area (Å²) < 4.78 is 7.77. The third-order valence-corrected chi connectivity index (χ3v) is 2.52. The summed E-state index contributed by atoms with van der Waals surface area (Å²) in [5.41, 5.74) is 0. The van der Waals surface area contributed by atoms with Gasteiger partial charge in [-0.2, -0.15) is 0 Å². The lowest BCUT2D eigenvalue weighted by atomic mass is 9.89. The molecule has 0 saturated heterocycles. The molecule has 0 aromatic carbocycles. The first-order valence-corrected chi connectivity index (χ1v) is 4.64. The van der Waals surface area contributed by atoms with Crippen LogP contribution in [0.25, 0.3) is 0 Å². The van der Waals surface area contributed by atoms with Gasteiger partial charge in [0.2, 0.25) is 0 Å². The number of hydrogen-bond donors (Lipinski definition) is 0. The van der Waals surface area contributed by atoms with E-state index in [1.165, 1.54) is 12.8 Å². The molecule has 0 N–H and O–H groups in total. The van der Waals surface area contributed by atoms with E-state index < -0.39 is 0 Å². The zero-order valence-electron chi connectivity index (χ0n) is 7.44. The van der Waals surface area contributed by atoms with Gasteiger partial charge in [-0.1, -0.05) is 0 Å². The Bertz CT molecular complexity index is 224. The van der Waals surface area contributed by atoms with Gasteiger partial charge in [0.05, 0.1) is 6.10 Å². The maximum Gasteiger partial charge on any atom is 0.0614 e. The number of aromatic nitrogens is 1. The summed E-state index contributed by atoms with van der Waals surface area (Å²) in [6.07, 6.45) is 7.15. The van der Waals surface area contributed by atoms with Crippen LogP contribution in [0.5, 0.6) is 0 Å². The highest BCUT2D eigenvalue weighted by Crippen LogP contribution is 2.34. The Labute approximate surface area is 73.1 Å². The lowest BCUT2D eigenvalue weighted by Gasteiger charge is -2.35. The zero-order chi connectivity index (χ0) is 8.39. The molecule has 0 bridgehead atoms. The Kier molecular flexibility index (Phi) is 2.17. The second-order valence-corrected chi connectivity index (χ2v) is 3.33. The van der Waals surface area contributed by atoms with E-state index in [9.17, 15) is 0 Å². The molecule has 1 aliphatic carbocycles. The Hall–Kier alpha value is -0.760. The third-order valence-electron chi connectivity index (χ3n) is 2.52. The highest BCUT2D eigenvalue weighted by molar-refractivity contribution is 4.97. The van der Waals surface area contributed by atoms with Gasteiger partial charge in [0.1, 0.15) is 0 Å². The van der Waals surface area contributed by atoms with Crippen LogP contribution < -0.4 is 0 Å². The Morgan fingerprint density at radius 3 is 2.58 bits per heavy atom. The molecule has 0 aliphatic heterocycles. The Balaban J connectivity index is 1.82. The van der Waals surface area contributed by atoms with Crippen molar-refractivity contribution >= 4 is 0 Å². The van der Waals surface area contributed by atoms with Gasteiger partial charge in [0.15, 0.2) is 0 Å². The van der Waals surface area contributed by atoms with E-state index in [-0.39, 0.29) is 0 Å². The molecule has 12 heavy (non-hydrogen) atoms. The van der Waals surface area contributed by atoms with Gasteiger partial charge < -0.3 is 9.30 Å². The minimum absolute atomic E-state index is 0.516. The molecule has 2 nitrogen and oxygen atoms in total. The van der Waals surface area contributed by atoms with Crippen LogP contribution >= 0.6 is 0 Å². The lowest BCUT2D eigenvalue weighted by Crippen LogP contribution is -2.32. The van der Waals surface area contributed by atoms with Gasteiger partial charge in [-0.15, -0.1) is 0 Å². The van der Waals surface area contributed by atoms with E-state index >= 15 is 0 Å². The second-order valence-electron chi connectivity index (χ2n) is 3.33. The summed E-state index contributed by atoms with van der Waals surface area (Å²) >= 11 is 0. The molecular weight excluding hydrogens is 150 g/mol. The van der Waals surface area contributed by atoms with E-state index in [2.05, 4.69) is 36.0 Å². The van der Waals surface area contributed by atoms with Crippen molar-refractivity contribution in [3.8, 4) is 0 Å². The number of hydrogen-bond acceptors (Lipinski definition) is 1. The minimum Gasteiger partial charge on any atom is -0.378 e. The van der Waals surface area contributed by atoms with Crippen LogP contribution in [0.15, 0.2) is 24.5 Å². The van der Waals surface area contributed by atoms with Crippen molar-refractivity contribution in [1.29, 1.82) is 0 Å². The number of nitrogens with zero attached hydrogens (tertiary/aromatic N) is 1. The fraction of sp³-hybridized carbons (Fsp3) is 0.600. The lowest BCUT2D eigenvalue weighted by molar-refractivity contribution is -0.0196. The molecule has 1 aromatic rings. The van der Waals surface area contributed by atoms with Crippen molar-refractivity contribution in [2.75, 3.05) is 6.61 Å². The Morgan fingerprint density at radius 1 is 1.33 bits per heavy atom. The summed E-state index contributed by atoms with van der Waals surface area (Å²) in [6, 6.07) is 4.85. The largest absolute Gasteiger partial charge is 0.378 e. The van der Waals surface area contributed by atoms with Gasteiger partial charge in [-0.25, -0.2) is 0 Å². The zero-order valence-corrected chi connectivity index (χ0v) is 7.44. The molecule has 1 heterocycles. The van der Waals surface area contributed by atoms with Crippen molar-refractivity contribution in [2.45, 2.75) is 31.9 Å². The molecule has 0 amide bonds. The van der Waals surface area contributed by atoms with E-state index in [1.807, 2.05) is 0 Å². The average molecular weight is 165 g/mol. The molecule has 1 saturated carbocycles. The highest BCUT2D eigenvalue weighted by Gasteiger charge is 2.29. The van der Waals surface area contributed by atoms with Gasteiger partial charge in [-0.05, 0) is 31.9 Å². The van der Waals surface area contributed by atoms with Gasteiger partial charge >= 0.3 is 0 Å². The molecule has 1 aliphatic rings. The summed E-state index contributed by atoms with van der Waals surface area (Å²) in [5.74, 6) is 0. The summed E-state index contributed by atoms with van der Waals surface area (Å²) in [4.78, 5) is 0. The van der Waals surface area contributed by atoms with E-state index in [4.69, 9.17) is 4.74 Å². The third kappa shape index (κ3) is 1.39. The van der Waals surface area contributed by atoms with Crippen molar-refractivity contribution in [3.05, 3.63) is 24.5 Å². The van der Waals surface area contributed by atoms with Crippen molar-refractivity contribution in [3.63, 3.8) is 0 Å². The van der Waals surface area contributed by atoms with Crippen LogP contribution in [0.2, 0.25) is 0 Å². The topological polar surface area (TPSA) is 14.2 Å². The minimum atomic E-state index is 0.516. The predicted octanol–water partition coefficient (Wildman–Crippen LogP) is 2.23. The summed E-state index contributed by atoms with van der Waals surface area (Å²) in [7, 11) is 0. The van der Waals surface area contributed by atoms with E-state index in [0.717, 1.165) is 6.61 Å². The van der Waals surface area contributed by atoms with Crippen LogP contribution in [0.3, 0.4) is 0 Å². The average Bonchev–Trinajstić information content (AvgIpc) is 2.47. The molecule has 66 valence electrons. The van der Waals surface area contributed by atoms with Gasteiger partial charge in [0.25, 0.3) is 0 Å². The van der Waals surface area contributed by atoms with Gasteiger partial charge in [0, 0.05) is 25.0 Å². The first kappa shape index (κ1) is 7.87. The van der Waals surface area contributed by atoms with E-state index in [1.54, 1.807) is 0 Å². The molecule has 0 unspecified atom stereocenters. The maximum atomic E-state index is 5.49. The fourth-order valence-corrected chi connectivity index (χ4v) is 1.74. The predicted molar refractivity (Wildman–Crippen MR) is 48.1 cm³/mol. The molecule has 0 atom stereocenters. The Morgan fingerprint density at radius 2 is 2.00 bits per heavy atom. The van der Waals surface area contributed by atoms with Crippen LogP contribution in [-0.4, -0.2) is 17.3 Å². The molecule has 0 radical (unpaired) electrons. The number of ether oxygens (including phenoxy) is 1. The normalized spacial score (nSPS) is 28.4. The molecule has 1 aromatic heterocycles. The van der Waals surface area contributed by atoms with Crippen molar-refractivity contribution in [2.24, 2.45) is 0 Å². The first-order chi connectivity index (χ1) is 5.90. The smallest absolute Gasteiger partial charge is 0.0614 e. The number of rotatable bonds is 3. The first-order valence-electron chi connectivity index (χ1n) is 4.64. The van der Waals surface area contributed by atoms with Gasteiger partial charge in [-0.3, -0.25) is 0 Å². The highest BCUT2D eigenvalue weighted by atomic mass is 16.5. The van der Waals surface area contributed by atoms with E-state index in [0.29, 0.717) is 12.1 Å². The SMILES string of the molecule is CCOC1CC(n2cccc2)C1. The quantitative estimate of drug-likeness (QED) is 0.670. The van der Waals surface area contributed by atoms with Crippen molar-refractivity contribution in [1.82, 2.24) is 4.57 Å². The monoisotopic (exact) mass is 165 g/mol. The van der Waals surface area contributed by atoms with Crippen LogP contribution in [0.4, 0.5) is 0 Å². The second kappa shape index (κ2) is 3.31. The molecule has 2 rings (SSSR count). The maximum absolute atomic E-state index is 5.49. The fourth-order valence-electron chi connectivity index (χ4n) is 1.74. The van der Waals surface area contributed by atoms with Crippen LogP contribution in [-0.2, 0) is 4.74 Å². The molecule has 0 spiro atoms. The standard InChI is InChI=1S/C10H15NO/c1-2-12-10-7-9(8-10)11-5-3-4-6-11/h3-6,9-10H,2,7-8H2,1H3.